The van der Waals surface area contributed by atoms with Gasteiger partial charge in [0.1, 0.15) is 4.32 Å². The highest BCUT2D eigenvalue weighted by molar-refractivity contribution is 8.11. The number of hydrogen-bond donors (Lipinski definition) is 2. The molecule has 8 heavy (non-hydrogen) atoms. The third-order valence-corrected chi connectivity index (χ3v) is 0.951. The predicted molar refractivity (Wildman–Crippen MR) is 44.2 cm³/mol. The second kappa shape index (κ2) is 3.92. The summed E-state index contributed by atoms with van der Waals surface area (Å²) >= 11 is 8.52. The van der Waals surface area contributed by atoms with Gasteiger partial charge in [0.2, 0.25) is 0 Å². The lowest BCUT2D eigenvalue weighted by Crippen LogP contribution is -2.12. The number of hydrogen-bond acceptors (Lipinski definition) is 1. The highest BCUT2D eigenvalue weighted by Crippen LogP contribution is 1.87. The number of thiocarbonyl (C=S) groups is 1. The largest absolute Gasteiger partial charge is 0.346 e. The number of nitrogens with one attached hydrogen (secondary N) is 1. The molecular formula is C5H9NS2. The summed E-state index contributed by atoms with van der Waals surface area (Å²) in [5, 5.41) is 2.85. The zero-order valence-electron chi connectivity index (χ0n) is 4.93. The van der Waals surface area contributed by atoms with Crippen molar-refractivity contribution >= 4 is 29.2 Å². The van der Waals surface area contributed by atoms with E-state index in [-0.39, 0.29) is 0 Å². The lowest BCUT2D eigenvalue weighted by molar-refractivity contribution is 1.14. The van der Waals surface area contributed by atoms with Gasteiger partial charge in [-0.15, -0.1) is 12.6 Å². The van der Waals surface area contributed by atoms with E-state index >= 15 is 0 Å². The molecule has 0 heterocycles. The van der Waals surface area contributed by atoms with Crippen molar-refractivity contribution in [1.82, 2.24) is 5.32 Å². The van der Waals surface area contributed by atoms with Gasteiger partial charge in [0, 0.05) is 5.70 Å². The van der Waals surface area contributed by atoms with E-state index in [0.717, 1.165) is 5.70 Å². The molecule has 0 unspecified atom stereocenters. The maximum absolute atomic E-state index is 4.65. The first kappa shape index (κ1) is 7.98. The molecule has 46 valence electrons. The molecule has 0 aliphatic rings. The van der Waals surface area contributed by atoms with Gasteiger partial charge in [-0.05, 0) is 13.8 Å². The van der Waals surface area contributed by atoms with E-state index in [2.05, 4.69) is 30.2 Å². The Morgan fingerprint density at radius 3 is 2.38 bits per heavy atom. The minimum atomic E-state index is 0.514. The summed E-state index contributed by atoms with van der Waals surface area (Å²) in [7, 11) is 0. The van der Waals surface area contributed by atoms with Gasteiger partial charge in [-0.2, -0.15) is 0 Å². The first-order valence-electron chi connectivity index (χ1n) is 2.29. The molecule has 0 amide bonds. The molecular weight excluding hydrogens is 138 g/mol. The van der Waals surface area contributed by atoms with Gasteiger partial charge in [-0.25, -0.2) is 0 Å². The number of allylic oxidation sites excluding steroid dienone is 2. The van der Waals surface area contributed by atoms with Crippen LogP contribution in [0.1, 0.15) is 13.8 Å². The Kier molecular flexibility index (Phi) is 3.91. The van der Waals surface area contributed by atoms with Gasteiger partial charge in [0.05, 0.1) is 0 Å². The molecule has 1 N–H and O–H groups in total. The van der Waals surface area contributed by atoms with E-state index in [1.54, 1.807) is 0 Å². The van der Waals surface area contributed by atoms with E-state index in [1.807, 2.05) is 19.9 Å². The van der Waals surface area contributed by atoms with Crippen molar-refractivity contribution < 1.29 is 0 Å². The summed E-state index contributed by atoms with van der Waals surface area (Å²) in [5.41, 5.74) is 1.03. The number of thiol groups is 1. The highest BCUT2D eigenvalue weighted by atomic mass is 32.1. The Labute approximate surface area is 60.6 Å². The fraction of sp³-hybridized carbons (Fsp3) is 0.400. The first-order chi connectivity index (χ1) is 3.66. The van der Waals surface area contributed by atoms with Crippen LogP contribution in [0, 0.1) is 0 Å². The minimum absolute atomic E-state index is 0.514. The molecule has 0 aliphatic heterocycles. The van der Waals surface area contributed by atoms with Gasteiger partial charge >= 0.3 is 0 Å². The maximum Gasteiger partial charge on any atom is 0.134 e. The van der Waals surface area contributed by atoms with Crippen LogP contribution < -0.4 is 5.32 Å². The van der Waals surface area contributed by atoms with Crippen molar-refractivity contribution in [2.45, 2.75) is 13.8 Å². The standard InChI is InChI=1S/C5H9NS2/c1-3-4(2)6-5(7)8/h3H,1-2H3,(H2,6,7,8)/b4-3-. The summed E-state index contributed by atoms with van der Waals surface area (Å²) in [6.45, 7) is 3.87. The molecule has 0 radical (unpaired) electrons. The van der Waals surface area contributed by atoms with E-state index in [1.165, 1.54) is 0 Å². The quantitative estimate of drug-likeness (QED) is 0.432. The molecule has 0 fully saturated rings. The van der Waals surface area contributed by atoms with Gasteiger partial charge < -0.3 is 5.32 Å². The molecule has 0 aromatic heterocycles. The van der Waals surface area contributed by atoms with Crippen molar-refractivity contribution in [2.75, 3.05) is 0 Å². The molecule has 0 rings (SSSR count). The minimum Gasteiger partial charge on any atom is -0.346 e. The second-order valence-corrected chi connectivity index (χ2v) is 2.56. The zero-order valence-corrected chi connectivity index (χ0v) is 6.64. The molecule has 0 aromatic rings. The van der Waals surface area contributed by atoms with Crippen LogP contribution in [-0.2, 0) is 0 Å². The Bertz CT molecular complexity index is 118. The summed E-state index contributed by atoms with van der Waals surface area (Å²) in [4.78, 5) is 0. The monoisotopic (exact) mass is 147 g/mol. The molecule has 3 heteroatoms. The van der Waals surface area contributed by atoms with Gasteiger partial charge in [0.25, 0.3) is 0 Å². The van der Waals surface area contributed by atoms with Gasteiger partial charge in [-0.1, -0.05) is 18.3 Å². The van der Waals surface area contributed by atoms with Crippen LogP contribution in [0.2, 0.25) is 0 Å². The van der Waals surface area contributed by atoms with E-state index in [4.69, 9.17) is 0 Å². The van der Waals surface area contributed by atoms with Crippen molar-refractivity contribution in [1.29, 1.82) is 0 Å². The van der Waals surface area contributed by atoms with Crippen LogP contribution in [0.25, 0.3) is 0 Å². The fourth-order valence-corrected chi connectivity index (χ4v) is 0.578. The Morgan fingerprint density at radius 2 is 2.25 bits per heavy atom. The average molecular weight is 147 g/mol. The second-order valence-electron chi connectivity index (χ2n) is 1.40. The average Bonchev–Trinajstić information content (AvgIpc) is 1.65. The molecule has 1 nitrogen and oxygen atoms in total. The summed E-state index contributed by atoms with van der Waals surface area (Å²) in [6, 6.07) is 0. The normalized spacial score (nSPS) is 11.1. The third-order valence-electron chi connectivity index (χ3n) is 0.737. The van der Waals surface area contributed by atoms with Gasteiger partial charge in [0.15, 0.2) is 0 Å². The lowest BCUT2D eigenvalue weighted by Gasteiger charge is -1.98. The molecule has 0 atom stereocenters. The van der Waals surface area contributed by atoms with Crippen LogP contribution in [-0.4, -0.2) is 4.32 Å². The smallest absolute Gasteiger partial charge is 0.134 e. The highest BCUT2D eigenvalue weighted by Gasteiger charge is 1.84. The molecule has 0 bridgehead atoms. The summed E-state index contributed by atoms with van der Waals surface area (Å²) in [5.74, 6) is 0. The maximum atomic E-state index is 4.65. The van der Waals surface area contributed by atoms with Crippen LogP contribution in [0.3, 0.4) is 0 Å². The predicted octanol–water partition coefficient (Wildman–Crippen LogP) is 1.71. The van der Waals surface area contributed by atoms with Crippen molar-refractivity contribution in [3.63, 3.8) is 0 Å². The lowest BCUT2D eigenvalue weighted by atomic mass is 10.5. The van der Waals surface area contributed by atoms with Crippen LogP contribution >= 0.6 is 24.8 Å². The van der Waals surface area contributed by atoms with Crippen molar-refractivity contribution in [3.8, 4) is 0 Å². The summed E-state index contributed by atoms with van der Waals surface area (Å²) in [6.07, 6.45) is 1.93. The van der Waals surface area contributed by atoms with Crippen molar-refractivity contribution in [3.05, 3.63) is 11.8 Å². The topological polar surface area (TPSA) is 12.0 Å². The van der Waals surface area contributed by atoms with Crippen molar-refractivity contribution in [2.24, 2.45) is 0 Å². The molecule has 0 saturated carbocycles. The van der Waals surface area contributed by atoms with E-state index in [9.17, 15) is 0 Å². The Hall–Kier alpha value is -0.0200. The first-order valence-corrected chi connectivity index (χ1v) is 3.15. The molecule has 0 saturated heterocycles. The van der Waals surface area contributed by atoms with E-state index in [0.29, 0.717) is 4.32 Å². The SMILES string of the molecule is C/C=C(/C)NC(=S)S. The van der Waals surface area contributed by atoms with Crippen LogP contribution in [0.15, 0.2) is 11.8 Å². The van der Waals surface area contributed by atoms with Gasteiger partial charge in [-0.3, -0.25) is 0 Å². The van der Waals surface area contributed by atoms with Crippen LogP contribution in [0.5, 0.6) is 0 Å². The van der Waals surface area contributed by atoms with E-state index < -0.39 is 0 Å². The third kappa shape index (κ3) is 4.15. The molecule has 0 aliphatic carbocycles. The van der Waals surface area contributed by atoms with Crippen LogP contribution in [0.4, 0.5) is 0 Å². The molecule has 0 spiro atoms. The fourth-order valence-electron chi connectivity index (χ4n) is 0.241. The summed E-state index contributed by atoms with van der Waals surface area (Å²) < 4.78 is 0.514. The Balaban J connectivity index is 3.56. The Morgan fingerprint density at radius 1 is 1.75 bits per heavy atom. The zero-order chi connectivity index (χ0) is 6.57. The molecule has 0 aromatic carbocycles. The number of rotatable bonds is 1.